The minimum Gasteiger partial charge on any atom is -0.458 e. The summed E-state index contributed by atoms with van der Waals surface area (Å²) in [6.45, 7) is 29.7. The van der Waals surface area contributed by atoms with Gasteiger partial charge in [0.2, 0.25) is 0 Å². The summed E-state index contributed by atoms with van der Waals surface area (Å²) < 4.78 is 13.5. The summed E-state index contributed by atoms with van der Waals surface area (Å²) in [5, 5.41) is 2.33. The van der Waals surface area contributed by atoms with Crippen molar-refractivity contribution in [2.24, 2.45) is 0 Å². The number of ether oxygens (including phenoxy) is 1. The van der Waals surface area contributed by atoms with E-state index in [1.54, 1.807) is 0 Å². The fourth-order valence-corrected chi connectivity index (χ4v) is 9.31. The van der Waals surface area contributed by atoms with Crippen molar-refractivity contribution in [3.05, 3.63) is 209 Å². The summed E-state index contributed by atoms with van der Waals surface area (Å²) in [7, 11) is 0. The van der Waals surface area contributed by atoms with Gasteiger partial charge in [-0.05, 0) is 116 Å². The van der Waals surface area contributed by atoms with E-state index in [4.69, 9.17) is 9.72 Å². The number of fused-ring (bicyclic) bond motifs is 3. The van der Waals surface area contributed by atoms with Crippen molar-refractivity contribution < 1.29 is 9.30 Å². The van der Waals surface area contributed by atoms with Gasteiger partial charge in [0.05, 0.1) is 28.1 Å². The van der Waals surface area contributed by atoms with Gasteiger partial charge in [0.1, 0.15) is 17.3 Å². The first-order valence-corrected chi connectivity index (χ1v) is 23.8. The molecule has 5 nitrogen and oxygen atoms in total. The second-order valence-electron chi connectivity index (χ2n) is 22.6. The third-order valence-corrected chi connectivity index (χ3v) is 13.9. The average Bonchev–Trinajstić information content (AvgIpc) is 3.89. The van der Waals surface area contributed by atoms with Crippen LogP contribution in [0.3, 0.4) is 0 Å². The Hall–Kier alpha value is -6.72. The molecule has 0 aliphatic carbocycles. The molecule has 0 atom stereocenters. The Balaban J connectivity index is 1.16. The van der Waals surface area contributed by atoms with Crippen LogP contribution in [0.2, 0.25) is 0 Å². The summed E-state index contributed by atoms with van der Waals surface area (Å²) in [6.07, 6.45) is 7.99. The molecule has 0 fully saturated rings. The van der Waals surface area contributed by atoms with Crippen molar-refractivity contribution in [1.29, 1.82) is 0 Å². The molecule has 3 heterocycles. The lowest BCUT2D eigenvalue weighted by atomic mass is 9.78. The van der Waals surface area contributed by atoms with E-state index in [1.807, 2.05) is 12.3 Å². The van der Waals surface area contributed by atoms with Crippen molar-refractivity contribution in [3.63, 3.8) is 0 Å². The van der Waals surface area contributed by atoms with Gasteiger partial charge in [0, 0.05) is 40.1 Å². The Labute approximate surface area is 398 Å². The van der Waals surface area contributed by atoms with Crippen LogP contribution in [-0.2, 0) is 27.1 Å². The quantitative estimate of drug-likeness (QED) is 0.107. The van der Waals surface area contributed by atoms with Crippen LogP contribution >= 0.6 is 0 Å². The van der Waals surface area contributed by atoms with Gasteiger partial charge >= 0.3 is 0 Å². The first-order chi connectivity index (χ1) is 31.6. The number of hydrogen-bond acceptors (Lipinski definition) is 2. The van der Waals surface area contributed by atoms with Gasteiger partial charge in [0.15, 0.2) is 0 Å². The molecule has 0 spiro atoms. The molecule has 6 aromatic carbocycles. The van der Waals surface area contributed by atoms with E-state index in [0.29, 0.717) is 0 Å². The second-order valence-corrected chi connectivity index (χ2v) is 22.6. The van der Waals surface area contributed by atoms with Crippen molar-refractivity contribution in [3.8, 4) is 28.7 Å². The van der Waals surface area contributed by atoms with E-state index >= 15 is 0 Å². The van der Waals surface area contributed by atoms with Crippen LogP contribution in [-0.4, -0.2) is 14.1 Å². The first kappa shape index (κ1) is 45.4. The Morgan fingerprint density at radius 2 is 1.07 bits per heavy atom. The van der Waals surface area contributed by atoms with E-state index in [1.165, 1.54) is 38.8 Å². The zero-order valence-electron chi connectivity index (χ0n) is 41.8. The number of nitrogens with zero attached hydrogens (tertiary/aromatic N) is 4. The molecular formula is C62H66N4O. The normalized spacial score (nSPS) is 12.9. The Kier molecular flexibility index (Phi) is 11.2. The average molecular weight is 883 g/mol. The number of imidazole rings is 1. The minimum absolute atomic E-state index is 0.0352. The maximum atomic E-state index is 6.85. The predicted molar refractivity (Wildman–Crippen MR) is 278 cm³/mol. The number of rotatable bonds is 9. The van der Waals surface area contributed by atoms with E-state index in [2.05, 4.69) is 262 Å². The molecule has 5 heteroatoms. The number of hydrogen-bond donors (Lipinski definition) is 0. The molecular weight excluding hydrogens is 817 g/mol. The summed E-state index contributed by atoms with van der Waals surface area (Å²) >= 11 is 0. The molecule has 9 rings (SSSR count). The molecule has 9 aromatic rings. The lowest BCUT2D eigenvalue weighted by Crippen LogP contribution is -2.41. The third-order valence-electron chi connectivity index (χ3n) is 13.9. The van der Waals surface area contributed by atoms with E-state index < -0.39 is 0 Å². The SMILES string of the molecule is CC(C)(C)c1cc(-[n+]2[c-]n(-c3cccc(Oc4ccc5c6cc(C(C)(C)c7ccccc7)ccc6n(-c6cc(C(C)(C)C)ccn6)c5c4)c3)cc2C(C)(C)c2ccccc2)cc(C(C)(C)C)c1. The summed E-state index contributed by atoms with van der Waals surface area (Å²) in [5.41, 5.74) is 12.3. The minimum atomic E-state index is -0.343. The van der Waals surface area contributed by atoms with Crippen LogP contribution < -0.4 is 9.30 Å². The zero-order chi connectivity index (χ0) is 47.7. The zero-order valence-corrected chi connectivity index (χ0v) is 41.8. The van der Waals surface area contributed by atoms with Crippen molar-refractivity contribution >= 4 is 21.8 Å². The lowest BCUT2D eigenvalue weighted by molar-refractivity contribution is -0.611. The van der Waals surface area contributed by atoms with Crippen LogP contribution in [0.5, 0.6) is 11.5 Å². The van der Waals surface area contributed by atoms with Crippen LogP contribution in [0, 0.1) is 6.33 Å². The van der Waals surface area contributed by atoms with Crippen molar-refractivity contribution in [1.82, 2.24) is 14.1 Å². The van der Waals surface area contributed by atoms with Crippen LogP contribution in [0.25, 0.3) is 39.0 Å². The highest BCUT2D eigenvalue weighted by atomic mass is 16.5. The van der Waals surface area contributed by atoms with Gasteiger partial charge in [-0.1, -0.05) is 169 Å². The lowest BCUT2D eigenvalue weighted by Gasteiger charge is -2.29. The number of aromatic nitrogens is 4. The van der Waals surface area contributed by atoms with Gasteiger partial charge in [-0.25, -0.2) is 4.98 Å². The molecule has 0 aliphatic rings. The Morgan fingerprint density at radius 3 is 1.70 bits per heavy atom. The summed E-state index contributed by atoms with van der Waals surface area (Å²) in [5.74, 6) is 2.37. The fourth-order valence-electron chi connectivity index (χ4n) is 9.31. The Bertz CT molecular complexity index is 3220. The van der Waals surface area contributed by atoms with Crippen molar-refractivity contribution in [2.45, 2.75) is 117 Å². The maximum absolute atomic E-state index is 6.85. The topological polar surface area (TPSA) is 35.9 Å². The predicted octanol–water partition coefficient (Wildman–Crippen LogP) is 15.4. The molecule has 0 N–H and O–H groups in total. The molecule has 0 radical (unpaired) electrons. The fraction of sp³-hybridized carbons (Fsp3) is 0.290. The molecule has 0 unspecified atom stereocenters. The van der Waals surface area contributed by atoms with E-state index in [0.717, 1.165) is 50.8 Å². The van der Waals surface area contributed by atoms with Crippen LogP contribution in [0.1, 0.15) is 129 Å². The monoisotopic (exact) mass is 883 g/mol. The first-order valence-electron chi connectivity index (χ1n) is 23.8. The largest absolute Gasteiger partial charge is 0.458 e. The molecule has 0 saturated carbocycles. The number of pyridine rings is 1. The van der Waals surface area contributed by atoms with Gasteiger partial charge in [-0.3, -0.25) is 13.7 Å². The molecule has 340 valence electrons. The summed E-state index contributed by atoms with van der Waals surface area (Å²) in [4.78, 5) is 4.99. The highest BCUT2D eigenvalue weighted by molar-refractivity contribution is 6.09. The van der Waals surface area contributed by atoms with Gasteiger partial charge < -0.3 is 4.74 Å². The molecule has 0 saturated heterocycles. The van der Waals surface area contributed by atoms with Gasteiger partial charge in [0.25, 0.3) is 6.33 Å². The van der Waals surface area contributed by atoms with Gasteiger partial charge in [-0.2, -0.15) is 0 Å². The molecule has 0 amide bonds. The molecule has 67 heavy (non-hydrogen) atoms. The molecule has 3 aromatic heterocycles. The maximum Gasteiger partial charge on any atom is 0.269 e. The third kappa shape index (κ3) is 8.73. The smallest absolute Gasteiger partial charge is 0.269 e. The highest BCUT2D eigenvalue weighted by Crippen LogP contribution is 2.40. The molecule has 0 bridgehead atoms. The second kappa shape index (κ2) is 16.6. The van der Waals surface area contributed by atoms with Crippen LogP contribution in [0.15, 0.2) is 164 Å². The van der Waals surface area contributed by atoms with Crippen molar-refractivity contribution in [2.75, 3.05) is 0 Å². The highest BCUT2D eigenvalue weighted by Gasteiger charge is 2.31. The van der Waals surface area contributed by atoms with Crippen LogP contribution in [0.4, 0.5) is 0 Å². The Morgan fingerprint density at radius 1 is 0.463 bits per heavy atom. The van der Waals surface area contributed by atoms with E-state index in [9.17, 15) is 0 Å². The van der Waals surface area contributed by atoms with E-state index in [-0.39, 0.29) is 27.1 Å². The van der Waals surface area contributed by atoms with Gasteiger partial charge in [-0.15, -0.1) is 0 Å². The number of benzene rings is 6. The molecule has 0 aliphatic heterocycles. The standard InChI is InChI=1S/C62H66N4O/c1-58(2,3)44-31-32-63-57(37-44)66-54-30-27-45(61(10,11)42-21-16-14-17-22-42)36-53(54)52-29-28-51(39-55(52)66)67-50-26-20-25-48(38-50)64-40-56(62(12,13)43-23-18-15-19-24-43)65(41-64)49-34-46(59(4,5)6)33-47(35-49)60(7,8)9/h14-40H,1-13H3. The summed E-state index contributed by atoms with van der Waals surface area (Å²) in [6, 6.07) is 54.7.